The maximum Gasteiger partial charge on any atom is 0.346 e. The molecule has 1 atom stereocenters. The number of carboxylic acids is 1. The Balaban J connectivity index is 3.08. The quantitative estimate of drug-likeness (QED) is 0.572. The van der Waals surface area contributed by atoms with Crippen molar-refractivity contribution in [2.45, 2.75) is 0 Å². The molecule has 0 aromatic rings. The van der Waals surface area contributed by atoms with Gasteiger partial charge in [-0.1, -0.05) is 0 Å². The average Bonchev–Trinajstić information content (AvgIpc) is 2.11. The van der Waals surface area contributed by atoms with Gasteiger partial charge < -0.3 is 5.11 Å². The highest BCUT2D eigenvalue weighted by Crippen LogP contribution is 2.21. The third-order valence-electron chi connectivity index (χ3n) is 0.978. The molecule has 1 aliphatic heterocycles. The van der Waals surface area contributed by atoms with E-state index in [0.717, 1.165) is 0 Å². The Labute approximate surface area is 65.3 Å². The Morgan fingerprint density at radius 3 is 2.50 bits per heavy atom. The first-order chi connectivity index (χ1) is 4.63. The number of carbonyl (C=O) groups is 1. The predicted octanol–water partition coefficient (Wildman–Crippen LogP) is 0.488. The van der Waals surface area contributed by atoms with E-state index in [9.17, 15) is 9.00 Å². The van der Waals surface area contributed by atoms with Gasteiger partial charge in [0.1, 0.15) is 4.91 Å². The van der Waals surface area contributed by atoms with Gasteiger partial charge in [0.15, 0.2) is 0 Å². The van der Waals surface area contributed by atoms with Gasteiger partial charge in [0.25, 0.3) is 0 Å². The summed E-state index contributed by atoms with van der Waals surface area (Å²) in [6, 6.07) is 0. The van der Waals surface area contributed by atoms with Crippen molar-refractivity contribution >= 4 is 29.4 Å². The topological polar surface area (TPSA) is 54.4 Å². The molecule has 0 saturated heterocycles. The van der Waals surface area contributed by atoms with E-state index in [-0.39, 0.29) is 9.81 Å². The molecule has 0 radical (unpaired) electrons. The lowest BCUT2D eigenvalue weighted by atomic mass is 10.5. The first-order valence-corrected chi connectivity index (χ1v) is 4.04. The van der Waals surface area contributed by atoms with Crippen molar-refractivity contribution in [1.29, 1.82) is 0 Å². The number of hydrogen-bond acceptors (Lipinski definition) is 3. The van der Waals surface area contributed by atoms with Crippen LogP contribution >= 0.6 is 12.6 Å². The van der Waals surface area contributed by atoms with E-state index >= 15 is 0 Å². The molecule has 0 aliphatic carbocycles. The van der Waals surface area contributed by atoms with Crippen LogP contribution in [0.3, 0.4) is 0 Å². The largest absolute Gasteiger partial charge is 0.477 e. The SMILES string of the molecule is O=C(O)C1=C(S)C=CS1=O. The number of carboxylic acid groups (broad SMARTS) is 1. The van der Waals surface area contributed by atoms with Gasteiger partial charge in [0.05, 0.1) is 10.8 Å². The number of rotatable bonds is 1. The summed E-state index contributed by atoms with van der Waals surface area (Å²) in [6.45, 7) is 0. The fourth-order valence-corrected chi connectivity index (χ4v) is 1.95. The van der Waals surface area contributed by atoms with Crippen molar-refractivity contribution in [2.24, 2.45) is 0 Å². The molecular weight excluding hydrogens is 172 g/mol. The van der Waals surface area contributed by atoms with Gasteiger partial charge in [-0.2, -0.15) is 0 Å². The molecule has 0 amide bonds. The van der Waals surface area contributed by atoms with Crippen LogP contribution in [0.1, 0.15) is 0 Å². The molecule has 1 aliphatic rings. The fraction of sp³-hybridized carbons (Fsp3) is 0. The number of hydrogen-bond donors (Lipinski definition) is 2. The Kier molecular flexibility index (Phi) is 1.96. The summed E-state index contributed by atoms with van der Waals surface area (Å²) in [7, 11) is -1.50. The van der Waals surface area contributed by atoms with Gasteiger partial charge in [-0.15, -0.1) is 12.6 Å². The highest BCUT2D eigenvalue weighted by atomic mass is 32.2. The van der Waals surface area contributed by atoms with Crippen LogP contribution in [0.25, 0.3) is 0 Å². The molecule has 3 nitrogen and oxygen atoms in total. The third kappa shape index (κ3) is 1.15. The third-order valence-corrected chi connectivity index (χ3v) is 2.68. The molecule has 1 heterocycles. The lowest BCUT2D eigenvalue weighted by Gasteiger charge is -1.91. The molecule has 0 aromatic carbocycles. The molecule has 0 bridgehead atoms. The van der Waals surface area contributed by atoms with Gasteiger partial charge in [0, 0.05) is 10.3 Å². The van der Waals surface area contributed by atoms with Crippen LogP contribution in [0, 0.1) is 0 Å². The Bertz CT molecular complexity index is 264. The van der Waals surface area contributed by atoms with Crippen LogP contribution in [0.15, 0.2) is 21.3 Å². The van der Waals surface area contributed by atoms with Gasteiger partial charge in [-0.3, -0.25) is 0 Å². The Morgan fingerprint density at radius 1 is 1.70 bits per heavy atom. The van der Waals surface area contributed by atoms with E-state index in [1.165, 1.54) is 11.5 Å². The van der Waals surface area contributed by atoms with Crippen molar-refractivity contribution in [1.82, 2.24) is 0 Å². The van der Waals surface area contributed by atoms with Gasteiger partial charge >= 0.3 is 5.97 Å². The zero-order valence-corrected chi connectivity index (χ0v) is 6.48. The second kappa shape index (κ2) is 2.59. The number of allylic oxidation sites excluding steroid dienone is 1. The van der Waals surface area contributed by atoms with E-state index in [2.05, 4.69) is 12.6 Å². The van der Waals surface area contributed by atoms with E-state index in [4.69, 9.17) is 5.11 Å². The second-order valence-corrected chi connectivity index (χ2v) is 3.38. The summed E-state index contributed by atoms with van der Waals surface area (Å²) in [4.78, 5) is 10.4. The Morgan fingerprint density at radius 2 is 2.30 bits per heavy atom. The highest BCUT2D eigenvalue weighted by molar-refractivity contribution is 7.95. The zero-order valence-electron chi connectivity index (χ0n) is 4.77. The van der Waals surface area contributed by atoms with E-state index < -0.39 is 16.8 Å². The fourth-order valence-electron chi connectivity index (χ4n) is 0.569. The van der Waals surface area contributed by atoms with E-state index in [1.807, 2.05) is 0 Å². The maximum absolute atomic E-state index is 10.8. The summed E-state index contributed by atoms with van der Waals surface area (Å²) in [6.07, 6.45) is 1.42. The maximum atomic E-state index is 10.8. The van der Waals surface area contributed by atoms with Crippen LogP contribution < -0.4 is 0 Å². The zero-order chi connectivity index (χ0) is 7.72. The summed E-state index contributed by atoms with van der Waals surface area (Å²) in [5.74, 6) is -1.17. The lowest BCUT2D eigenvalue weighted by Crippen LogP contribution is -2.03. The van der Waals surface area contributed by atoms with E-state index in [1.54, 1.807) is 0 Å². The van der Waals surface area contributed by atoms with Crippen molar-refractivity contribution in [3.8, 4) is 0 Å². The van der Waals surface area contributed by atoms with Gasteiger partial charge in [0.2, 0.25) is 0 Å². The van der Waals surface area contributed by atoms with Crippen molar-refractivity contribution in [3.05, 3.63) is 21.3 Å². The lowest BCUT2D eigenvalue weighted by molar-refractivity contribution is -0.131. The summed E-state index contributed by atoms with van der Waals surface area (Å²) in [5, 5.41) is 9.71. The monoisotopic (exact) mass is 176 g/mol. The molecule has 10 heavy (non-hydrogen) atoms. The molecule has 5 heteroatoms. The number of thiol groups is 1. The van der Waals surface area contributed by atoms with Crippen molar-refractivity contribution < 1.29 is 14.1 Å². The van der Waals surface area contributed by atoms with Crippen molar-refractivity contribution in [3.63, 3.8) is 0 Å². The van der Waals surface area contributed by atoms with Crippen molar-refractivity contribution in [2.75, 3.05) is 0 Å². The molecule has 1 N–H and O–H groups in total. The second-order valence-electron chi connectivity index (χ2n) is 1.62. The smallest absolute Gasteiger partial charge is 0.346 e. The highest BCUT2D eigenvalue weighted by Gasteiger charge is 2.20. The number of aliphatic carboxylic acids is 1. The standard InChI is InChI=1S/C5H4O3S2/c6-5(7)4-3(9)1-2-10(4)8/h1-2,9H,(H,6,7). The average molecular weight is 176 g/mol. The molecule has 0 fully saturated rings. The summed E-state index contributed by atoms with van der Waals surface area (Å²) < 4.78 is 10.8. The minimum Gasteiger partial charge on any atom is -0.477 e. The van der Waals surface area contributed by atoms with Crippen LogP contribution in [0.2, 0.25) is 0 Å². The molecule has 1 rings (SSSR count). The van der Waals surface area contributed by atoms with Crippen LogP contribution in [-0.4, -0.2) is 15.3 Å². The minimum atomic E-state index is -1.50. The van der Waals surface area contributed by atoms with Crippen LogP contribution in [0.4, 0.5) is 0 Å². The summed E-state index contributed by atoms with van der Waals surface area (Å²) >= 11 is 3.81. The van der Waals surface area contributed by atoms with E-state index in [0.29, 0.717) is 0 Å². The first kappa shape index (κ1) is 7.56. The molecule has 54 valence electrons. The molecule has 1 unspecified atom stereocenters. The molecule has 0 aromatic heterocycles. The minimum absolute atomic E-state index is 0.136. The molecule has 0 spiro atoms. The van der Waals surface area contributed by atoms with Gasteiger partial charge in [-0.25, -0.2) is 9.00 Å². The Hall–Kier alpha value is -0.550. The van der Waals surface area contributed by atoms with Crippen LogP contribution in [-0.2, 0) is 15.6 Å². The first-order valence-electron chi connectivity index (χ1n) is 2.38. The molecular formula is C5H4O3S2. The predicted molar refractivity (Wildman–Crippen MR) is 40.9 cm³/mol. The van der Waals surface area contributed by atoms with Gasteiger partial charge in [-0.05, 0) is 6.08 Å². The van der Waals surface area contributed by atoms with Crippen LogP contribution in [0.5, 0.6) is 0 Å². The summed E-state index contributed by atoms with van der Waals surface area (Å²) in [5.41, 5.74) is 0. The normalized spacial score (nSPS) is 23.9. The molecule has 0 saturated carbocycles.